The monoisotopic (exact) mass is 305 g/mol. The van der Waals surface area contributed by atoms with Crippen molar-refractivity contribution >= 4 is 22.6 Å². The highest BCUT2D eigenvalue weighted by Gasteiger charge is 2.22. The largest absolute Gasteiger partial charge is 0.346 e. The number of H-pyrrole nitrogens is 1. The maximum absolute atomic E-state index is 12.3. The number of anilines is 1. The van der Waals surface area contributed by atoms with Crippen LogP contribution < -0.4 is 5.32 Å². The molecule has 2 aromatic heterocycles. The molecular formula is C19H19N3O. The summed E-state index contributed by atoms with van der Waals surface area (Å²) in [6, 6.07) is 12.1. The molecule has 1 fully saturated rings. The maximum Gasteiger partial charge on any atom is 0.227 e. The van der Waals surface area contributed by atoms with Crippen molar-refractivity contribution in [3.05, 3.63) is 48.8 Å². The van der Waals surface area contributed by atoms with Crippen LogP contribution in [-0.4, -0.2) is 15.9 Å². The van der Waals surface area contributed by atoms with Crippen LogP contribution in [-0.2, 0) is 4.79 Å². The third kappa shape index (κ3) is 2.84. The quantitative estimate of drug-likeness (QED) is 0.755. The van der Waals surface area contributed by atoms with Crippen molar-refractivity contribution < 1.29 is 4.79 Å². The van der Waals surface area contributed by atoms with Gasteiger partial charge in [-0.3, -0.25) is 4.79 Å². The van der Waals surface area contributed by atoms with E-state index >= 15 is 0 Å². The maximum atomic E-state index is 12.3. The standard InChI is InChI=1S/C19H19N3O/c23-19(13-4-1-2-5-13)22-17-7-3-6-14(11-17)16-10-15-8-9-20-18(15)21-12-16/h3,6-13H,1-2,4-5H2,(H,20,21)(H,22,23). The molecule has 0 aliphatic heterocycles. The summed E-state index contributed by atoms with van der Waals surface area (Å²) in [4.78, 5) is 19.8. The summed E-state index contributed by atoms with van der Waals surface area (Å²) in [5, 5.41) is 4.15. The van der Waals surface area contributed by atoms with E-state index in [1.165, 1.54) is 12.8 Å². The van der Waals surface area contributed by atoms with Crippen LogP contribution in [0, 0.1) is 5.92 Å². The number of carbonyl (C=O) groups is 1. The molecule has 0 spiro atoms. The number of amides is 1. The van der Waals surface area contributed by atoms with Crippen LogP contribution in [0.15, 0.2) is 48.8 Å². The first-order chi connectivity index (χ1) is 11.3. The minimum atomic E-state index is 0.152. The number of rotatable bonds is 3. The molecule has 0 atom stereocenters. The number of fused-ring (bicyclic) bond motifs is 1. The SMILES string of the molecule is O=C(Nc1cccc(-c2cnc3[nH]ccc3c2)c1)C1CCCC1. The van der Waals surface area contributed by atoms with E-state index < -0.39 is 0 Å². The van der Waals surface area contributed by atoms with Crippen molar-refractivity contribution in [1.82, 2.24) is 9.97 Å². The first-order valence-corrected chi connectivity index (χ1v) is 8.14. The molecule has 1 aliphatic rings. The van der Waals surface area contributed by atoms with Crippen LogP contribution >= 0.6 is 0 Å². The number of carbonyl (C=O) groups excluding carboxylic acids is 1. The fraction of sp³-hybridized carbons (Fsp3) is 0.263. The zero-order chi connectivity index (χ0) is 15.6. The van der Waals surface area contributed by atoms with E-state index in [0.717, 1.165) is 40.7 Å². The smallest absolute Gasteiger partial charge is 0.227 e. The number of hydrogen-bond donors (Lipinski definition) is 2. The Morgan fingerprint density at radius 3 is 2.87 bits per heavy atom. The first kappa shape index (κ1) is 14.0. The number of benzene rings is 1. The molecule has 4 heteroatoms. The minimum Gasteiger partial charge on any atom is -0.346 e. The van der Waals surface area contributed by atoms with Gasteiger partial charge in [-0.25, -0.2) is 4.98 Å². The number of pyridine rings is 1. The molecule has 1 aliphatic carbocycles. The Balaban J connectivity index is 1.58. The second-order valence-electron chi connectivity index (χ2n) is 6.19. The van der Waals surface area contributed by atoms with Gasteiger partial charge in [-0.05, 0) is 42.7 Å². The Kier molecular flexibility index (Phi) is 3.58. The van der Waals surface area contributed by atoms with Crippen LogP contribution in [0.1, 0.15) is 25.7 Å². The van der Waals surface area contributed by atoms with Crippen molar-refractivity contribution in [3.8, 4) is 11.1 Å². The highest BCUT2D eigenvalue weighted by Crippen LogP contribution is 2.28. The lowest BCUT2D eigenvalue weighted by molar-refractivity contribution is -0.119. The average Bonchev–Trinajstić information content (AvgIpc) is 3.26. The van der Waals surface area contributed by atoms with E-state index in [2.05, 4.69) is 21.4 Å². The third-order valence-electron chi connectivity index (χ3n) is 4.59. The van der Waals surface area contributed by atoms with E-state index in [1.54, 1.807) is 0 Å². The minimum absolute atomic E-state index is 0.152. The predicted octanol–water partition coefficient (Wildman–Crippen LogP) is 4.36. The zero-order valence-corrected chi connectivity index (χ0v) is 12.9. The summed E-state index contributed by atoms with van der Waals surface area (Å²) < 4.78 is 0. The number of nitrogens with one attached hydrogen (secondary N) is 2. The van der Waals surface area contributed by atoms with Crippen LogP contribution in [0.5, 0.6) is 0 Å². The van der Waals surface area contributed by atoms with Crippen LogP contribution in [0.4, 0.5) is 5.69 Å². The van der Waals surface area contributed by atoms with Gasteiger partial charge in [0.1, 0.15) is 5.65 Å². The van der Waals surface area contributed by atoms with Crippen LogP contribution in [0.2, 0.25) is 0 Å². The van der Waals surface area contributed by atoms with E-state index in [-0.39, 0.29) is 11.8 Å². The van der Waals surface area contributed by atoms with Gasteiger partial charge in [0.15, 0.2) is 0 Å². The molecule has 23 heavy (non-hydrogen) atoms. The van der Waals surface area contributed by atoms with Crippen LogP contribution in [0.25, 0.3) is 22.2 Å². The van der Waals surface area contributed by atoms with E-state index in [4.69, 9.17) is 0 Å². The molecule has 2 heterocycles. The summed E-state index contributed by atoms with van der Waals surface area (Å²) in [5.41, 5.74) is 3.85. The number of aromatic amines is 1. The summed E-state index contributed by atoms with van der Waals surface area (Å²) >= 11 is 0. The van der Waals surface area contributed by atoms with Gasteiger partial charge in [-0.2, -0.15) is 0 Å². The van der Waals surface area contributed by atoms with Gasteiger partial charge < -0.3 is 10.3 Å². The Hall–Kier alpha value is -2.62. The number of nitrogens with zero attached hydrogens (tertiary/aromatic N) is 1. The summed E-state index contributed by atoms with van der Waals surface area (Å²) in [6.45, 7) is 0. The average molecular weight is 305 g/mol. The molecule has 4 nitrogen and oxygen atoms in total. The van der Waals surface area contributed by atoms with Crippen molar-refractivity contribution in [1.29, 1.82) is 0 Å². The van der Waals surface area contributed by atoms with Gasteiger partial charge in [0, 0.05) is 34.9 Å². The molecule has 0 radical (unpaired) electrons. The topological polar surface area (TPSA) is 57.8 Å². The molecule has 0 saturated heterocycles. The normalized spacial score (nSPS) is 15.1. The Morgan fingerprint density at radius 2 is 2.00 bits per heavy atom. The first-order valence-electron chi connectivity index (χ1n) is 8.14. The lowest BCUT2D eigenvalue weighted by atomic mass is 10.0. The van der Waals surface area contributed by atoms with Crippen molar-refractivity contribution in [2.75, 3.05) is 5.32 Å². The van der Waals surface area contributed by atoms with Crippen molar-refractivity contribution in [2.45, 2.75) is 25.7 Å². The third-order valence-corrected chi connectivity index (χ3v) is 4.59. The molecule has 0 bridgehead atoms. The van der Waals surface area contributed by atoms with Gasteiger partial charge in [0.2, 0.25) is 5.91 Å². The van der Waals surface area contributed by atoms with Gasteiger partial charge in [-0.1, -0.05) is 25.0 Å². The Morgan fingerprint density at radius 1 is 1.13 bits per heavy atom. The van der Waals surface area contributed by atoms with Crippen molar-refractivity contribution in [3.63, 3.8) is 0 Å². The Bertz CT molecular complexity index is 846. The van der Waals surface area contributed by atoms with Gasteiger partial charge >= 0.3 is 0 Å². The molecule has 4 rings (SSSR count). The van der Waals surface area contributed by atoms with E-state index in [0.29, 0.717) is 0 Å². The van der Waals surface area contributed by atoms with Crippen LogP contribution in [0.3, 0.4) is 0 Å². The van der Waals surface area contributed by atoms with Gasteiger partial charge in [0.05, 0.1) is 0 Å². The molecule has 116 valence electrons. The lowest BCUT2D eigenvalue weighted by Crippen LogP contribution is -2.20. The number of hydrogen-bond acceptors (Lipinski definition) is 2. The summed E-state index contributed by atoms with van der Waals surface area (Å²) in [6.07, 6.45) is 8.11. The zero-order valence-electron chi connectivity index (χ0n) is 12.9. The highest BCUT2D eigenvalue weighted by atomic mass is 16.1. The summed E-state index contributed by atoms with van der Waals surface area (Å²) in [5.74, 6) is 0.329. The fourth-order valence-corrected chi connectivity index (χ4v) is 3.31. The molecule has 1 aromatic carbocycles. The lowest BCUT2D eigenvalue weighted by Gasteiger charge is -2.11. The number of aromatic nitrogens is 2. The second-order valence-corrected chi connectivity index (χ2v) is 6.19. The fourth-order valence-electron chi connectivity index (χ4n) is 3.31. The molecule has 1 saturated carbocycles. The predicted molar refractivity (Wildman–Crippen MR) is 92.1 cm³/mol. The second kappa shape index (κ2) is 5.88. The Labute approximate surface area is 134 Å². The molecule has 0 unspecified atom stereocenters. The van der Waals surface area contributed by atoms with Crippen molar-refractivity contribution in [2.24, 2.45) is 5.92 Å². The molecule has 2 N–H and O–H groups in total. The molecule has 3 aromatic rings. The van der Waals surface area contributed by atoms with E-state index in [1.807, 2.05) is 42.7 Å². The highest BCUT2D eigenvalue weighted by molar-refractivity contribution is 5.93. The van der Waals surface area contributed by atoms with Gasteiger partial charge in [-0.15, -0.1) is 0 Å². The molecule has 1 amide bonds. The molecular weight excluding hydrogens is 286 g/mol. The summed E-state index contributed by atoms with van der Waals surface area (Å²) in [7, 11) is 0. The van der Waals surface area contributed by atoms with Gasteiger partial charge in [0.25, 0.3) is 0 Å². The van der Waals surface area contributed by atoms with E-state index in [9.17, 15) is 4.79 Å².